The lowest BCUT2D eigenvalue weighted by Crippen LogP contribution is -2.36. The number of carbonyl (C=O) groups excluding carboxylic acids is 1. The minimum absolute atomic E-state index is 0.0236. The molecule has 2 aromatic carbocycles. The fraction of sp³-hybridized carbons (Fsp3) is 0.174. The Morgan fingerprint density at radius 3 is 2.75 bits per heavy atom. The fourth-order valence-corrected chi connectivity index (χ4v) is 3.87. The summed E-state index contributed by atoms with van der Waals surface area (Å²) in [6.45, 7) is 3.04. The van der Waals surface area contributed by atoms with E-state index in [9.17, 15) is 9.18 Å². The lowest BCUT2D eigenvalue weighted by molar-refractivity contribution is 0.100. The van der Waals surface area contributed by atoms with E-state index in [0.717, 1.165) is 30.7 Å². The Morgan fingerprint density at radius 1 is 1.12 bits per heavy atom. The largest absolute Gasteiger partial charge is 0.378 e. The molecule has 162 valence electrons. The molecule has 0 bridgehead atoms. The summed E-state index contributed by atoms with van der Waals surface area (Å²) < 4.78 is 21.7. The number of ether oxygens (including phenoxy) is 1. The number of hydrogen-bond acceptors (Lipinski definition) is 6. The summed E-state index contributed by atoms with van der Waals surface area (Å²) in [5.41, 5.74) is 8.27. The van der Waals surface area contributed by atoms with Crippen molar-refractivity contribution in [2.24, 2.45) is 5.73 Å². The Morgan fingerprint density at radius 2 is 1.94 bits per heavy atom. The van der Waals surface area contributed by atoms with E-state index in [1.54, 1.807) is 24.3 Å². The van der Waals surface area contributed by atoms with Gasteiger partial charge in [-0.15, -0.1) is 0 Å². The van der Waals surface area contributed by atoms with Crippen LogP contribution in [0.25, 0.3) is 16.7 Å². The molecule has 0 spiro atoms. The Hall–Kier alpha value is -3.98. The van der Waals surface area contributed by atoms with Crippen LogP contribution in [0.4, 0.5) is 21.7 Å². The predicted octanol–water partition coefficient (Wildman–Crippen LogP) is 3.24. The number of rotatable bonds is 5. The third-order valence-corrected chi connectivity index (χ3v) is 5.41. The van der Waals surface area contributed by atoms with Gasteiger partial charge >= 0.3 is 0 Å². The van der Waals surface area contributed by atoms with Gasteiger partial charge < -0.3 is 20.7 Å². The number of para-hydroxylation sites is 1. The zero-order valence-electron chi connectivity index (χ0n) is 17.2. The van der Waals surface area contributed by atoms with E-state index in [1.807, 2.05) is 24.3 Å². The Labute approximate surface area is 183 Å². The van der Waals surface area contributed by atoms with Crippen LogP contribution in [0.1, 0.15) is 10.4 Å². The van der Waals surface area contributed by atoms with E-state index in [2.05, 4.69) is 20.2 Å². The molecule has 2 aromatic heterocycles. The number of benzene rings is 2. The number of carbonyl (C=O) groups is 1. The average Bonchev–Trinajstić information content (AvgIpc) is 3.21. The number of primary amides is 1. The van der Waals surface area contributed by atoms with Crippen LogP contribution >= 0.6 is 0 Å². The lowest BCUT2D eigenvalue weighted by Gasteiger charge is -2.29. The molecule has 0 radical (unpaired) electrons. The molecule has 0 aliphatic carbocycles. The molecule has 1 saturated heterocycles. The summed E-state index contributed by atoms with van der Waals surface area (Å²) in [7, 11) is 0. The Kier molecular flexibility index (Phi) is 5.16. The van der Waals surface area contributed by atoms with Gasteiger partial charge in [0.2, 0.25) is 5.95 Å². The molecule has 3 heterocycles. The summed E-state index contributed by atoms with van der Waals surface area (Å²) in [4.78, 5) is 22.6. The predicted molar refractivity (Wildman–Crippen MR) is 120 cm³/mol. The maximum absolute atomic E-state index is 14.7. The van der Waals surface area contributed by atoms with Crippen LogP contribution in [0.5, 0.6) is 0 Å². The van der Waals surface area contributed by atoms with Gasteiger partial charge in [0.05, 0.1) is 30.5 Å². The molecular weight excluding hydrogens is 411 g/mol. The normalized spacial score (nSPS) is 14.0. The van der Waals surface area contributed by atoms with Crippen molar-refractivity contribution in [2.45, 2.75) is 0 Å². The van der Waals surface area contributed by atoms with Crippen LogP contribution < -0.4 is 16.0 Å². The van der Waals surface area contributed by atoms with E-state index >= 15 is 0 Å². The number of nitrogens with one attached hydrogen (secondary N) is 1. The van der Waals surface area contributed by atoms with E-state index in [0.29, 0.717) is 29.7 Å². The highest BCUT2D eigenvalue weighted by molar-refractivity contribution is 6.06. The zero-order valence-corrected chi connectivity index (χ0v) is 17.2. The highest BCUT2D eigenvalue weighted by atomic mass is 19.1. The van der Waals surface area contributed by atoms with Crippen LogP contribution in [0.3, 0.4) is 0 Å². The number of hydrogen-bond donors (Lipinski definition) is 2. The number of nitrogens with zero attached hydrogens (tertiary/aromatic N) is 4. The van der Waals surface area contributed by atoms with Crippen LogP contribution in [0, 0.1) is 5.82 Å². The number of morpholine rings is 1. The van der Waals surface area contributed by atoms with Crippen molar-refractivity contribution in [1.82, 2.24) is 14.5 Å². The molecule has 9 heteroatoms. The first-order valence-electron chi connectivity index (χ1n) is 10.2. The van der Waals surface area contributed by atoms with Gasteiger partial charge in [-0.1, -0.05) is 24.3 Å². The maximum atomic E-state index is 14.7. The molecule has 1 fully saturated rings. The second kappa shape index (κ2) is 8.27. The van der Waals surface area contributed by atoms with Crippen molar-refractivity contribution >= 4 is 34.1 Å². The fourth-order valence-electron chi connectivity index (χ4n) is 3.87. The van der Waals surface area contributed by atoms with Gasteiger partial charge in [-0.2, -0.15) is 4.98 Å². The summed E-state index contributed by atoms with van der Waals surface area (Å²) in [5.74, 6) is -0.948. The minimum atomic E-state index is -0.616. The number of anilines is 3. The highest BCUT2D eigenvalue weighted by Crippen LogP contribution is 2.27. The molecule has 1 aliphatic heterocycles. The monoisotopic (exact) mass is 432 g/mol. The van der Waals surface area contributed by atoms with Crippen molar-refractivity contribution in [3.8, 4) is 5.82 Å². The molecule has 8 nitrogen and oxygen atoms in total. The third kappa shape index (κ3) is 3.74. The minimum Gasteiger partial charge on any atom is -0.378 e. The van der Waals surface area contributed by atoms with Crippen LogP contribution in [-0.4, -0.2) is 46.7 Å². The maximum Gasteiger partial charge on any atom is 0.250 e. The van der Waals surface area contributed by atoms with E-state index < -0.39 is 11.7 Å². The quantitative estimate of drug-likeness (QED) is 0.502. The Balaban J connectivity index is 1.49. The first-order valence-corrected chi connectivity index (χ1v) is 10.2. The molecule has 0 saturated carbocycles. The second-order valence-electron chi connectivity index (χ2n) is 7.43. The molecule has 5 rings (SSSR count). The zero-order chi connectivity index (χ0) is 22.1. The lowest BCUT2D eigenvalue weighted by atomic mass is 10.2. The average molecular weight is 432 g/mol. The van der Waals surface area contributed by atoms with Crippen molar-refractivity contribution in [2.75, 3.05) is 36.5 Å². The smallest absolute Gasteiger partial charge is 0.250 e. The Bertz CT molecular complexity index is 1300. The van der Waals surface area contributed by atoms with E-state index in [-0.39, 0.29) is 11.8 Å². The summed E-state index contributed by atoms with van der Waals surface area (Å²) in [5, 5.41) is 3.78. The molecular formula is C23H21FN6O2. The first kappa shape index (κ1) is 20.0. The van der Waals surface area contributed by atoms with E-state index in [1.165, 1.54) is 10.8 Å². The standard InChI is InChI=1S/C23H21FN6O2/c24-19-13-26-23(27-15-4-3-5-16(12-15)29-8-10-32-11-9-29)28-22(19)30-14-18(21(25)31)17-6-1-2-7-20(17)30/h1-7,12-14H,8-11H2,(H2,25,31)(H,26,27,28). The molecule has 4 aromatic rings. The number of halogens is 1. The molecule has 0 unspecified atom stereocenters. The number of aromatic nitrogens is 3. The van der Waals surface area contributed by atoms with Gasteiger partial charge in [-0.25, -0.2) is 9.37 Å². The van der Waals surface area contributed by atoms with Crippen molar-refractivity contribution in [1.29, 1.82) is 0 Å². The summed E-state index contributed by atoms with van der Waals surface area (Å²) in [6.07, 6.45) is 2.61. The van der Waals surface area contributed by atoms with Crippen LogP contribution in [-0.2, 0) is 4.74 Å². The van der Waals surface area contributed by atoms with Crippen molar-refractivity contribution in [3.63, 3.8) is 0 Å². The molecule has 1 amide bonds. The SMILES string of the molecule is NC(=O)c1cn(-c2nc(Nc3cccc(N4CCOCC4)c3)ncc2F)c2ccccc12. The van der Waals surface area contributed by atoms with Crippen LogP contribution in [0.15, 0.2) is 60.9 Å². The third-order valence-electron chi connectivity index (χ3n) is 5.41. The van der Waals surface area contributed by atoms with Crippen LogP contribution in [0.2, 0.25) is 0 Å². The first-order chi connectivity index (χ1) is 15.6. The van der Waals surface area contributed by atoms with Gasteiger partial charge in [0.25, 0.3) is 5.91 Å². The number of amides is 1. The van der Waals surface area contributed by atoms with E-state index in [4.69, 9.17) is 10.5 Å². The highest BCUT2D eigenvalue weighted by Gasteiger charge is 2.18. The number of fused-ring (bicyclic) bond motifs is 1. The van der Waals surface area contributed by atoms with Gasteiger partial charge in [0.15, 0.2) is 11.6 Å². The van der Waals surface area contributed by atoms with Crippen molar-refractivity contribution in [3.05, 3.63) is 72.3 Å². The van der Waals surface area contributed by atoms with Crippen molar-refractivity contribution < 1.29 is 13.9 Å². The molecule has 0 atom stereocenters. The molecule has 1 aliphatic rings. The van der Waals surface area contributed by atoms with Gasteiger partial charge in [-0.3, -0.25) is 9.36 Å². The summed E-state index contributed by atoms with van der Waals surface area (Å²) in [6, 6.07) is 15.0. The molecule has 32 heavy (non-hydrogen) atoms. The van der Waals surface area contributed by atoms with Gasteiger partial charge in [-0.05, 0) is 24.3 Å². The van der Waals surface area contributed by atoms with Gasteiger partial charge in [0.1, 0.15) is 0 Å². The topological polar surface area (TPSA) is 98.3 Å². The summed E-state index contributed by atoms with van der Waals surface area (Å²) >= 11 is 0. The van der Waals surface area contributed by atoms with Gasteiger partial charge in [0, 0.05) is 36.0 Å². The molecule has 3 N–H and O–H groups in total. The number of nitrogens with two attached hydrogens (primary N) is 1. The second-order valence-corrected chi connectivity index (χ2v) is 7.43.